The number of benzene rings is 2. The van der Waals surface area contributed by atoms with Crippen LogP contribution >= 0.6 is 11.6 Å². The molecule has 1 N–H and O–H groups in total. The molecule has 0 aliphatic carbocycles. The lowest BCUT2D eigenvalue weighted by Crippen LogP contribution is -2.15. The lowest BCUT2D eigenvalue weighted by Gasteiger charge is -2.05. The van der Waals surface area contributed by atoms with Crippen molar-refractivity contribution in [2.45, 2.75) is 13.3 Å². The van der Waals surface area contributed by atoms with E-state index in [1.165, 1.54) is 0 Å². The van der Waals surface area contributed by atoms with Crippen LogP contribution in [0.5, 0.6) is 5.75 Å². The van der Waals surface area contributed by atoms with Gasteiger partial charge in [-0.2, -0.15) is 0 Å². The van der Waals surface area contributed by atoms with Crippen LogP contribution < -0.4 is 10.1 Å². The van der Waals surface area contributed by atoms with E-state index in [0.29, 0.717) is 10.8 Å². The Balaban J connectivity index is 1.73. The Morgan fingerprint density at radius 3 is 2.76 bits per heavy atom. The molecule has 1 heterocycles. The maximum atomic E-state index is 12.3. The maximum Gasteiger partial charge on any atom is 0.229 e. The zero-order valence-electron chi connectivity index (χ0n) is 14.0. The third-order valence-electron chi connectivity index (χ3n) is 3.71. The molecule has 0 fully saturated rings. The number of nitrogens with zero attached hydrogens (tertiary/aromatic N) is 2. The number of carbonyl (C=O) groups is 1. The predicted octanol–water partition coefficient (Wildman–Crippen LogP) is 4.02. The van der Waals surface area contributed by atoms with E-state index in [0.717, 1.165) is 22.7 Å². The Labute approximate surface area is 151 Å². The van der Waals surface area contributed by atoms with Crippen LogP contribution in [-0.2, 0) is 11.2 Å². The summed E-state index contributed by atoms with van der Waals surface area (Å²) in [6.45, 7) is 1.92. The summed E-state index contributed by atoms with van der Waals surface area (Å²) in [7, 11) is 1.60. The van der Waals surface area contributed by atoms with E-state index in [9.17, 15) is 4.79 Å². The van der Waals surface area contributed by atoms with Gasteiger partial charge in [-0.15, -0.1) is 5.10 Å². The van der Waals surface area contributed by atoms with Crippen molar-refractivity contribution in [2.75, 3.05) is 12.4 Å². The quantitative estimate of drug-likeness (QED) is 0.752. The second-order valence-corrected chi connectivity index (χ2v) is 6.08. The van der Waals surface area contributed by atoms with E-state index in [4.69, 9.17) is 16.3 Å². The largest absolute Gasteiger partial charge is 0.497 e. The van der Waals surface area contributed by atoms with E-state index in [1.807, 2.05) is 55.5 Å². The Morgan fingerprint density at radius 1 is 1.20 bits per heavy atom. The van der Waals surface area contributed by atoms with Crippen molar-refractivity contribution in [1.29, 1.82) is 0 Å². The molecule has 0 aliphatic heterocycles. The van der Waals surface area contributed by atoms with Gasteiger partial charge in [0.2, 0.25) is 5.91 Å². The average molecular weight is 356 g/mol. The molecule has 0 saturated heterocycles. The second-order valence-electron chi connectivity index (χ2n) is 5.64. The molecule has 1 amide bonds. The molecule has 5 nitrogen and oxygen atoms in total. The molecule has 0 atom stereocenters. The maximum absolute atomic E-state index is 12.3. The number of methoxy groups -OCH3 is 1. The number of hydrogen-bond acceptors (Lipinski definition) is 3. The van der Waals surface area contributed by atoms with Crippen molar-refractivity contribution in [3.63, 3.8) is 0 Å². The van der Waals surface area contributed by atoms with Crippen LogP contribution in [0.15, 0.2) is 54.6 Å². The lowest BCUT2D eigenvalue weighted by atomic mass is 10.1. The van der Waals surface area contributed by atoms with Gasteiger partial charge in [-0.25, -0.2) is 4.68 Å². The Bertz CT molecular complexity index is 905. The highest BCUT2D eigenvalue weighted by Gasteiger charge is 2.10. The number of rotatable bonds is 5. The molecule has 25 heavy (non-hydrogen) atoms. The first-order valence-electron chi connectivity index (χ1n) is 7.80. The molecule has 0 spiro atoms. The number of amides is 1. The van der Waals surface area contributed by atoms with Crippen LogP contribution in [0.1, 0.15) is 11.3 Å². The molecule has 0 radical (unpaired) electrons. The Hall–Kier alpha value is -2.79. The predicted molar refractivity (Wildman–Crippen MR) is 98.6 cm³/mol. The first kappa shape index (κ1) is 17.0. The fraction of sp³-hybridized carbons (Fsp3) is 0.158. The monoisotopic (exact) mass is 355 g/mol. The number of carbonyl (C=O) groups excluding carboxylic acids is 1. The minimum Gasteiger partial charge on any atom is -0.497 e. The molecule has 1 aromatic heterocycles. The summed E-state index contributed by atoms with van der Waals surface area (Å²) in [5, 5.41) is 7.90. The smallest absolute Gasteiger partial charge is 0.229 e. The van der Waals surface area contributed by atoms with E-state index in [-0.39, 0.29) is 12.3 Å². The molecular formula is C19H18ClN3O2. The normalized spacial score (nSPS) is 10.5. The number of nitrogens with one attached hydrogen (secondary N) is 1. The van der Waals surface area contributed by atoms with E-state index >= 15 is 0 Å². The van der Waals surface area contributed by atoms with Crippen molar-refractivity contribution in [3.8, 4) is 11.4 Å². The van der Waals surface area contributed by atoms with Crippen molar-refractivity contribution in [1.82, 2.24) is 9.78 Å². The summed E-state index contributed by atoms with van der Waals surface area (Å²) in [6.07, 6.45) is 0.250. The van der Waals surface area contributed by atoms with Gasteiger partial charge in [0.15, 0.2) is 5.82 Å². The van der Waals surface area contributed by atoms with Gasteiger partial charge in [0.25, 0.3) is 0 Å². The molecule has 0 aliphatic rings. The first-order chi connectivity index (χ1) is 12.0. The summed E-state index contributed by atoms with van der Waals surface area (Å²) in [6, 6.07) is 16.7. The molecule has 2 aromatic carbocycles. The molecule has 6 heteroatoms. The Morgan fingerprint density at radius 2 is 2.00 bits per heavy atom. The minimum absolute atomic E-state index is 0.135. The summed E-state index contributed by atoms with van der Waals surface area (Å²) >= 11 is 6.03. The fourth-order valence-corrected chi connectivity index (χ4v) is 2.74. The van der Waals surface area contributed by atoms with Gasteiger partial charge >= 0.3 is 0 Å². The third kappa shape index (κ3) is 4.19. The molecular weight excluding hydrogens is 338 g/mol. The van der Waals surface area contributed by atoms with Crippen molar-refractivity contribution >= 4 is 23.3 Å². The van der Waals surface area contributed by atoms with Crippen molar-refractivity contribution in [3.05, 3.63) is 70.9 Å². The molecule has 0 unspecified atom stereocenters. The summed E-state index contributed by atoms with van der Waals surface area (Å²) in [5.74, 6) is 1.10. The van der Waals surface area contributed by atoms with Crippen LogP contribution in [0.25, 0.3) is 5.69 Å². The van der Waals surface area contributed by atoms with Gasteiger partial charge in [-0.05, 0) is 42.8 Å². The van der Waals surface area contributed by atoms with Crippen molar-refractivity contribution < 1.29 is 9.53 Å². The summed E-state index contributed by atoms with van der Waals surface area (Å²) in [4.78, 5) is 12.3. The van der Waals surface area contributed by atoms with Gasteiger partial charge in [-0.3, -0.25) is 4.79 Å². The topological polar surface area (TPSA) is 56.1 Å². The SMILES string of the molecule is COc1cccc(CC(=O)Nc2cc(C)n(-c3cccc(Cl)c3)n2)c1. The van der Waals surface area contributed by atoms with E-state index in [1.54, 1.807) is 17.9 Å². The van der Waals surface area contributed by atoms with Gasteiger partial charge in [0.05, 0.1) is 19.2 Å². The Kier molecular flexibility index (Phi) is 5.05. The number of aryl methyl sites for hydroxylation is 1. The molecule has 3 aromatic rings. The highest BCUT2D eigenvalue weighted by molar-refractivity contribution is 6.30. The van der Waals surface area contributed by atoms with E-state index in [2.05, 4.69) is 10.4 Å². The third-order valence-corrected chi connectivity index (χ3v) is 3.94. The van der Waals surface area contributed by atoms with Crippen LogP contribution in [0, 0.1) is 6.92 Å². The van der Waals surface area contributed by atoms with E-state index < -0.39 is 0 Å². The lowest BCUT2D eigenvalue weighted by molar-refractivity contribution is -0.115. The highest BCUT2D eigenvalue weighted by atomic mass is 35.5. The number of halogens is 1. The van der Waals surface area contributed by atoms with Crippen molar-refractivity contribution in [2.24, 2.45) is 0 Å². The fourth-order valence-electron chi connectivity index (χ4n) is 2.56. The average Bonchev–Trinajstić information content (AvgIpc) is 2.95. The van der Waals surface area contributed by atoms with Crippen LogP contribution in [0.3, 0.4) is 0 Å². The number of hydrogen-bond donors (Lipinski definition) is 1. The second kappa shape index (κ2) is 7.40. The number of anilines is 1. The van der Waals surface area contributed by atoms with Crippen LogP contribution in [0.2, 0.25) is 5.02 Å². The minimum atomic E-state index is -0.135. The number of ether oxygens (including phenoxy) is 1. The highest BCUT2D eigenvalue weighted by Crippen LogP contribution is 2.19. The molecule has 128 valence electrons. The van der Waals surface area contributed by atoms with Crippen LogP contribution in [0.4, 0.5) is 5.82 Å². The summed E-state index contributed by atoms with van der Waals surface area (Å²) < 4.78 is 6.92. The molecule has 0 saturated carbocycles. The van der Waals surface area contributed by atoms with Gasteiger partial charge in [0, 0.05) is 16.8 Å². The van der Waals surface area contributed by atoms with Gasteiger partial charge in [0.1, 0.15) is 5.75 Å². The summed E-state index contributed by atoms with van der Waals surface area (Å²) in [5.41, 5.74) is 2.63. The molecule has 3 rings (SSSR count). The number of aromatic nitrogens is 2. The zero-order valence-corrected chi connectivity index (χ0v) is 14.7. The first-order valence-corrected chi connectivity index (χ1v) is 8.18. The van der Waals surface area contributed by atoms with Crippen LogP contribution in [-0.4, -0.2) is 22.8 Å². The van der Waals surface area contributed by atoms with Gasteiger partial charge in [-0.1, -0.05) is 29.8 Å². The zero-order chi connectivity index (χ0) is 17.8. The molecule has 0 bridgehead atoms. The van der Waals surface area contributed by atoms with Gasteiger partial charge < -0.3 is 10.1 Å². The standard InChI is InChI=1S/C19H18ClN3O2/c1-13-9-18(22-23(13)16-7-4-6-15(20)12-16)21-19(24)11-14-5-3-8-17(10-14)25-2/h3-10,12H,11H2,1-2H3,(H,21,22,24).